The van der Waals surface area contributed by atoms with E-state index in [-0.39, 0.29) is 10.4 Å². The molecule has 1 aliphatic carbocycles. The Morgan fingerprint density at radius 1 is 1.32 bits per heavy atom. The van der Waals surface area contributed by atoms with Gasteiger partial charge in [-0.2, -0.15) is 0 Å². The Balaban J connectivity index is 2.21. The van der Waals surface area contributed by atoms with Gasteiger partial charge in [-0.15, -0.1) is 0 Å². The molecule has 1 aliphatic rings. The van der Waals surface area contributed by atoms with E-state index in [9.17, 15) is 8.42 Å². The molecule has 1 aromatic heterocycles. The first-order valence-electron chi connectivity index (χ1n) is 6.42. The van der Waals surface area contributed by atoms with E-state index in [1.54, 1.807) is 0 Å². The molecule has 0 aliphatic heterocycles. The SMILES string of the molecule is CC1(NS(=O)(=O)c2ccnc(NN)c2)CCCCC1. The molecule has 106 valence electrons. The Morgan fingerprint density at radius 2 is 2.00 bits per heavy atom. The quantitative estimate of drug-likeness (QED) is 0.573. The number of nitrogens with two attached hydrogens (primary N) is 1. The number of hydrogen-bond acceptors (Lipinski definition) is 5. The summed E-state index contributed by atoms with van der Waals surface area (Å²) < 4.78 is 27.5. The van der Waals surface area contributed by atoms with E-state index in [1.807, 2.05) is 6.92 Å². The number of rotatable bonds is 4. The van der Waals surface area contributed by atoms with Crippen LogP contribution in [0.2, 0.25) is 0 Å². The number of nitrogens with zero attached hydrogens (tertiary/aromatic N) is 1. The molecular formula is C12H20N4O2S. The van der Waals surface area contributed by atoms with Gasteiger partial charge in [0.2, 0.25) is 10.0 Å². The van der Waals surface area contributed by atoms with Crippen molar-refractivity contribution in [2.45, 2.75) is 49.5 Å². The fourth-order valence-electron chi connectivity index (χ4n) is 2.47. The van der Waals surface area contributed by atoms with Gasteiger partial charge in [0.05, 0.1) is 4.90 Å². The molecule has 0 radical (unpaired) electrons. The highest BCUT2D eigenvalue weighted by molar-refractivity contribution is 7.89. The fourth-order valence-corrected chi connectivity index (χ4v) is 3.95. The average Bonchev–Trinajstić information content (AvgIpc) is 2.38. The summed E-state index contributed by atoms with van der Waals surface area (Å²) in [5.41, 5.74) is 2.00. The predicted molar refractivity (Wildman–Crippen MR) is 73.9 cm³/mol. The zero-order valence-electron chi connectivity index (χ0n) is 11.0. The number of nitrogen functional groups attached to an aromatic ring is 1. The lowest BCUT2D eigenvalue weighted by atomic mass is 9.84. The lowest BCUT2D eigenvalue weighted by molar-refractivity contribution is 0.294. The minimum Gasteiger partial charge on any atom is -0.308 e. The zero-order chi connectivity index (χ0) is 13.9. The first kappa shape index (κ1) is 14.2. The third-order valence-corrected chi connectivity index (χ3v) is 5.16. The van der Waals surface area contributed by atoms with Crippen molar-refractivity contribution in [2.24, 2.45) is 5.84 Å². The molecule has 0 amide bonds. The van der Waals surface area contributed by atoms with Gasteiger partial charge in [0.15, 0.2) is 0 Å². The summed E-state index contributed by atoms with van der Waals surface area (Å²) in [5.74, 6) is 5.57. The van der Waals surface area contributed by atoms with Crippen LogP contribution in [0.1, 0.15) is 39.0 Å². The maximum Gasteiger partial charge on any atom is 0.241 e. The Hall–Kier alpha value is -1.18. The standard InChI is InChI=1S/C12H20N4O2S/c1-12(6-3-2-4-7-12)16-19(17,18)10-5-8-14-11(9-10)15-13/h5,8-9,16H,2-4,6-7,13H2,1H3,(H,14,15). The molecule has 4 N–H and O–H groups in total. The topological polar surface area (TPSA) is 97.1 Å². The van der Waals surface area contributed by atoms with Crippen LogP contribution in [0.3, 0.4) is 0 Å². The van der Waals surface area contributed by atoms with Crippen LogP contribution in [-0.4, -0.2) is 18.9 Å². The fraction of sp³-hybridized carbons (Fsp3) is 0.583. The predicted octanol–water partition coefficient (Wildman–Crippen LogP) is 1.37. The molecule has 0 spiro atoms. The van der Waals surface area contributed by atoms with Crippen molar-refractivity contribution in [2.75, 3.05) is 5.43 Å². The van der Waals surface area contributed by atoms with Gasteiger partial charge < -0.3 is 5.43 Å². The highest BCUT2D eigenvalue weighted by atomic mass is 32.2. The second-order valence-electron chi connectivity index (χ2n) is 5.25. The second-order valence-corrected chi connectivity index (χ2v) is 6.93. The van der Waals surface area contributed by atoms with E-state index in [0.29, 0.717) is 5.82 Å². The third-order valence-electron chi connectivity index (χ3n) is 3.53. The summed E-state index contributed by atoms with van der Waals surface area (Å²) in [5, 5.41) is 0. The van der Waals surface area contributed by atoms with Crippen LogP contribution in [0.15, 0.2) is 23.2 Å². The van der Waals surface area contributed by atoms with E-state index in [1.165, 1.54) is 24.8 Å². The van der Waals surface area contributed by atoms with Gasteiger partial charge in [0.1, 0.15) is 5.82 Å². The normalized spacial score (nSPS) is 19.1. The van der Waals surface area contributed by atoms with Crippen molar-refractivity contribution in [3.63, 3.8) is 0 Å². The van der Waals surface area contributed by atoms with Crippen LogP contribution in [-0.2, 0) is 10.0 Å². The molecular weight excluding hydrogens is 264 g/mol. The molecule has 0 aromatic carbocycles. The summed E-state index contributed by atoms with van der Waals surface area (Å²) >= 11 is 0. The summed E-state index contributed by atoms with van der Waals surface area (Å²) in [4.78, 5) is 4.09. The van der Waals surface area contributed by atoms with Crippen LogP contribution in [0.25, 0.3) is 0 Å². The molecule has 7 heteroatoms. The summed E-state index contributed by atoms with van der Waals surface area (Å²) in [6.45, 7) is 1.97. The van der Waals surface area contributed by atoms with Gasteiger partial charge in [-0.05, 0) is 25.8 Å². The smallest absolute Gasteiger partial charge is 0.241 e. The van der Waals surface area contributed by atoms with E-state index in [2.05, 4.69) is 15.1 Å². The number of aromatic nitrogens is 1. The summed E-state index contributed by atoms with van der Waals surface area (Å²) in [7, 11) is -3.54. The van der Waals surface area contributed by atoms with Gasteiger partial charge >= 0.3 is 0 Å². The van der Waals surface area contributed by atoms with E-state index >= 15 is 0 Å². The number of hydrazine groups is 1. The monoisotopic (exact) mass is 284 g/mol. The Labute approximate surface area is 113 Å². The van der Waals surface area contributed by atoms with Gasteiger partial charge in [-0.25, -0.2) is 24.0 Å². The van der Waals surface area contributed by atoms with Crippen molar-refractivity contribution in [3.05, 3.63) is 18.3 Å². The van der Waals surface area contributed by atoms with Crippen molar-refractivity contribution in [1.82, 2.24) is 9.71 Å². The van der Waals surface area contributed by atoms with Gasteiger partial charge in [0.25, 0.3) is 0 Å². The van der Waals surface area contributed by atoms with Crippen molar-refractivity contribution < 1.29 is 8.42 Å². The van der Waals surface area contributed by atoms with Crippen LogP contribution in [0.5, 0.6) is 0 Å². The minimum atomic E-state index is -3.54. The Bertz CT molecular complexity index is 538. The third kappa shape index (κ3) is 3.43. The molecule has 0 saturated heterocycles. The molecule has 1 fully saturated rings. The summed E-state index contributed by atoms with van der Waals surface area (Å²) in [6.07, 6.45) is 6.47. The van der Waals surface area contributed by atoms with Crippen molar-refractivity contribution in [3.8, 4) is 0 Å². The van der Waals surface area contributed by atoms with Crippen molar-refractivity contribution in [1.29, 1.82) is 0 Å². The highest BCUT2D eigenvalue weighted by Crippen LogP contribution is 2.29. The first-order valence-corrected chi connectivity index (χ1v) is 7.90. The van der Waals surface area contributed by atoms with Crippen LogP contribution < -0.4 is 16.0 Å². The van der Waals surface area contributed by atoms with Gasteiger partial charge in [0, 0.05) is 17.8 Å². The van der Waals surface area contributed by atoms with E-state index in [4.69, 9.17) is 5.84 Å². The molecule has 19 heavy (non-hydrogen) atoms. The van der Waals surface area contributed by atoms with Crippen LogP contribution in [0.4, 0.5) is 5.82 Å². The Morgan fingerprint density at radius 3 is 2.63 bits per heavy atom. The highest BCUT2D eigenvalue weighted by Gasteiger charge is 2.32. The largest absolute Gasteiger partial charge is 0.308 e. The number of nitrogens with one attached hydrogen (secondary N) is 2. The molecule has 1 heterocycles. The summed E-state index contributed by atoms with van der Waals surface area (Å²) in [6, 6.07) is 2.89. The lowest BCUT2D eigenvalue weighted by Gasteiger charge is -2.34. The number of pyridine rings is 1. The van der Waals surface area contributed by atoms with Crippen molar-refractivity contribution >= 4 is 15.8 Å². The number of anilines is 1. The number of hydrogen-bond donors (Lipinski definition) is 3. The zero-order valence-corrected chi connectivity index (χ0v) is 11.8. The molecule has 6 nitrogen and oxygen atoms in total. The van der Waals surface area contributed by atoms with Crippen LogP contribution in [0, 0.1) is 0 Å². The second kappa shape index (κ2) is 5.44. The molecule has 0 unspecified atom stereocenters. The van der Waals surface area contributed by atoms with E-state index in [0.717, 1.165) is 25.7 Å². The average molecular weight is 284 g/mol. The number of sulfonamides is 1. The first-order chi connectivity index (χ1) is 8.95. The molecule has 1 saturated carbocycles. The Kier molecular flexibility index (Phi) is 4.07. The van der Waals surface area contributed by atoms with Crippen LogP contribution >= 0.6 is 0 Å². The van der Waals surface area contributed by atoms with E-state index < -0.39 is 10.0 Å². The molecule has 0 bridgehead atoms. The molecule has 2 rings (SSSR count). The van der Waals surface area contributed by atoms with Gasteiger partial charge in [-0.1, -0.05) is 19.3 Å². The molecule has 1 aromatic rings. The maximum absolute atomic E-state index is 12.4. The molecule has 0 atom stereocenters. The lowest BCUT2D eigenvalue weighted by Crippen LogP contribution is -2.47. The minimum absolute atomic E-state index is 0.183. The maximum atomic E-state index is 12.4. The van der Waals surface area contributed by atoms with Gasteiger partial charge in [-0.3, -0.25) is 0 Å².